The molecule has 4 nitrogen and oxygen atoms in total. The Hall–Kier alpha value is -2.62. The lowest BCUT2D eigenvalue weighted by Gasteiger charge is -2.25. The summed E-state index contributed by atoms with van der Waals surface area (Å²) in [6, 6.07) is 10.9. The van der Waals surface area contributed by atoms with Crippen LogP contribution in [-0.4, -0.2) is 23.1 Å². The smallest absolute Gasteiger partial charge is 0.222 e. The van der Waals surface area contributed by atoms with Crippen molar-refractivity contribution in [2.45, 2.75) is 47.0 Å². The van der Waals surface area contributed by atoms with E-state index >= 15 is 0 Å². The summed E-state index contributed by atoms with van der Waals surface area (Å²) in [6.45, 7) is 10.8. The molecule has 28 heavy (non-hydrogen) atoms. The topological polar surface area (TPSA) is 55.0 Å². The van der Waals surface area contributed by atoms with Crippen molar-refractivity contribution >= 4 is 22.7 Å². The minimum Gasteiger partial charge on any atom is -0.368 e. The van der Waals surface area contributed by atoms with E-state index in [9.17, 15) is 0 Å². The molecule has 4 rings (SSSR count). The van der Waals surface area contributed by atoms with E-state index in [1.54, 1.807) is 0 Å². The summed E-state index contributed by atoms with van der Waals surface area (Å²) in [5.41, 5.74) is 13.4. The first-order valence-corrected chi connectivity index (χ1v) is 10.4. The third-order valence-corrected chi connectivity index (χ3v) is 5.64. The third kappa shape index (κ3) is 3.56. The van der Waals surface area contributed by atoms with Gasteiger partial charge in [-0.2, -0.15) is 4.98 Å². The molecule has 2 N–H and O–H groups in total. The van der Waals surface area contributed by atoms with Crippen molar-refractivity contribution < 1.29 is 0 Å². The second-order valence-electron chi connectivity index (χ2n) is 8.27. The van der Waals surface area contributed by atoms with Gasteiger partial charge in [-0.3, -0.25) is 0 Å². The molecule has 1 aromatic heterocycles. The molecule has 3 aromatic rings. The molecule has 0 bridgehead atoms. The zero-order valence-corrected chi connectivity index (χ0v) is 17.4. The van der Waals surface area contributed by atoms with E-state index < -0.39 is 0 Å². The molecule has 0 unspecified atom stereocenters. The van der Waals surface area contributed by atoms with Gasteiger partial charge in [0.1, 0.15) is 5.82 Å². The van der Waals surface area contributed by atoms with Crippen molar-refractivity contribution in [2.24, 2.45) is 5.92 Å². The highest BCUT2D eigenvalue weighted by Crippen LogP contribution is 2.37. The summed E-state index contributed by atoms with van der Waals surface area (Å²) < 4.78 is 0. The average Bonchev–Trinajstić information content (AvgIpc) is 3.44. The Morgan fingerprint density at radius 1 is 1.07 bits per heavy atom. The van der Waals surface area contributed by atoms with Crippen LogP contribution < -0.4 is 10.6 Å². The highest BCUT2D eigenvalue weighted by molar-refractivity contribution is 6.01. The Bertz CT molecular complexity index is 998. The fourth-order valence-electron chi connectivity index (χ4n) is 4.37. The highest BCUT2D eigenvalue weighted by Gasteiger charge is 2.26. The molecule has 1 aliphatic carbocycles. The Morgan fingerprint density at radius 2 is 1.79 bits per heavy atom. The molecule has 1 heterocycles. The number of nitrogens with zero attached hydrogens (tertiary/aromatic N) is 3. The molecular formula is C24H30N4. The van der Waals surface area contributed by atoms with E-state index in [-0.39, 0.29) is 0 Å². The molecule has 2 aromatic carbocycles. The van der Waals surface area contributed by atoms with E-state index in [1.165, 1.54) is 35.1 Å². The molecule has 146 valence electrons. The summed E-state index contributed by atoms with van der Waals surface area (Å²) in [4.78, 5) is 11.8. The van der Waals surface area contributed by atoms with Crippen molar-refractivity contribution in [3.05, 3.63) is 47.0 Å². The number of aryl methyl sites for hydroxylation is 3. The third-order valence-electron chi connectivity index (χ3n) is 5.64. The molecule has 1 fully saturated rings. The van der Waals surface area contributed by atoms with Crippen LogP contribution in [0.1, 0.15) is 42.9 Å². The summed E-state index contributed by atoms with van der Waals surface area (Å²) in [7, 11) is 0. The van der Waals surface area contributed by atoms with Gasteiger partial charge in [0.15, 0.2) is 0 Å². The minimum atomic E-state index is 0.356. The minimum absolute atomic E-state index is 0.356. The van der Waals surface area contributed by atoms with Gasteiger partial charge in [-0.05, 0) is 68.7 Å². The summed E-state index contributed by atoms with van der Waals surface area (Å²) >= 11 is 0. The number of anilines is 2. The van der Waals surface area contributed by atoms with E-state index in [1.807, 2.05) is 0 Å². The molecule has 1 saturated carbocycles. The maximum atomic E-state index is 6.20. The number of aromatic nitrogens is 2. The highest BCUT2D eigenvalue weighted by atomic mass is 15.2. The van der Waals surface area contributed by atoms with Gasteiger partial charge in [-0.25, -0.2) is 4.98 Å². The first-order chi connectivity index (χ1) is 13.5. The number of nitrogens with two attached hydrogens (primary N) is 1. The monoisotopic (exact) mass is 374 g/mol. The average molecular weight is 375 g/mol. The van der Waals surface area contributed by atoms with Crippen molar-refractivity contribution in [1.29, 1.82) is 0 Å². The maximum absolute atomic E-state index is 6.20. The fourth-order valence-corrected chi connectivity index (χ4v) is 4.37. The van der Waals surface area contributed by atoms with Crippen LogP contribution in [0, 0.1) is 26.7 Å². The van der Waals surface area contributed by atoms with Gasteiger partial charge in [0.2, 0.25) is 5.95 Å². The zero-order valence-electron chi connectivity index (χ0n) is 17.4. The zero-order chi connectivity index (χ0) is 19.8. The summed E-state index contributed by atoms with van der Waals surface area (Å²) in [5.74, 6) is 2.14. The second-order valence-corrected chi connectivity index (χ2v) is 8.27. The molecule has 0 atom stereocenters. The maximum Gasteiger partial charge on any atom is 0.222 e. The van der Waals surface area contributed by atoms with Crippen molar-refractivity contribution in [2.75, 3.05) is 23.7 Å². The van der Waals surface area contributed by atoms with Crippen LogP contribution >= 0.6 is 0 Å². The number of hydrogen-bond donors (Lipinski definition) is 1. The predicted molar refractivity (Wildman–Crippen MR) is 119 cm³/mol. The SMILES string of the molecule is CCCN(CC1CC1)c1nc(N)nc2c(-c3c(C)cc(C)cc3C)cccc12. The molecule has 0 amide bonds. The van der Waals surface area contributed by atoms with Crippen LogP contribution in [0.25, 0.3) is 22.0 Å². The van der Waals surface area contributed by atoms with Crippen molar-refractivity contribution in [1.82, 2.24) is 9.97 Å². The molecule has 0 spiro atoms. The number of para-hydroxylation sites is 1. The second kappa shape index (κ2) is 7.42. The van der Waals surface area contributed by atoms with Crippen LogP contribution in [0.5, 0.6) is 0 Å². The van der Waals surface area contributed by atoms with E-state index in [4.69, 9.17) is 10.7 Å². The Labute approximate surface area is 167 Å². The first-order valence-electron chi connectivity index (χ1n) is 10.4. The lowest BCUT2D eigenvalue weighted by atomic mass is 9.92. The standard InChI is InChI=1S/C24H30N4/c1-5-11-28(14-18-9-10-18)23-20-8-6-7-19(22(20)26-24(25)27-23)21-16(3)12-15(2)13-17(21)4/h6-8,12-13,18H,5,9-11,14H2,1-4H3,(H2,25,26,27). The fraction of sp³-hybridized carbons (Fsp3) is 0.417. The van der Waals surface area contributed by atoms with Crippen LogP contribution in [0.15, 0.2) is 30.3 Å². The summed E-state index contributed by atoms with van der Waals surface area (Å²) in [5, 5.41) is 1.10. The Morgan fingerprint density at radius 3 is 2.43 bits per heavy atom. The molecule has 0 saturated heterocycles. The first kappa shape index (κ1) is 18.7. The van der Waals surface area contributed by atoms with Crippen LogP contribution in [0.4, 0.5) is 11.8 Å². The predicted octanol–water partition coefficient (Wildman–Crippen LogP) is 5.43. The van der Waals surface area contributed by atoms with E-state index in [2.05, 4.69) is 67.9 Å². The van der Waals surface area contributed by atoms with Crippen LogP contribution in [0.2, 0.25) is 0 Å². The quantitative estimate of drug-likeness (QED) is 0.625. The number of nitrogen functional groups attached to an aromatic ring is 1. The van der Waals surface area contributed by atoms with Gasteiger partial charge in [-0.15, -0.1) is 0 Å². The van der Waals surface area contributed by atoms with Gasteiger partial charge in [-0.1, -0.05) is 36.8 Å². The van der Waals surface area contributed by atoms with E-state index in [0.29, 0.717) is 5.95 Å². The number of hydrogen-bond acceptors (Lipinski definition) is 4. The van der Waals surface area contributed by atoms with Gasteiger partial charge in [0.25, 0.3) is 0 Å². The summed E-state index contributed by atoms with van der Waals surface area (Å²) in [6.07, 6.45) is 3.74. The largest absolute Gasteiger partial charge is 0.368 e. The molecular weight excluding hydrogens is 344 g/mol. The van der Waals surface area contributed by atoms with Gasteiger partial charge in [0, 0.05) is 24.0 Å². The van der Waals surface area contributed by atoms with Crippen LogP contribution in [0.3, 0.4) is 0 Å². The molecule has 0 radical (unpaired) electrons. The molecule has 1 aliphatic rings. The number of benzene rings is 2. The van der Waals surface area contributed by atoms with Gasteiger partial charge >= 0.3 is 0 Å². The Balaban J connectivity index is 1.92. The lowest BCUT2D eigenvalue weighted by molar-refractivity contribution is 0.701. The number of fused-ring (bicyclic) bond motifs is 1. The van der Waals surface area contributed by atoms with Crippen LogP contribution in [-0.2, 0) is 0 Å². The Kier molecular flexibility index (Phi) is 4.96. The normalized spacial score (nSPS) is 13.9. The van der Waals surface area contributed by atoms with Crippen molar-refractivity contribution in [3.8, 4) is 11.1 Å². The molecule has 0 aliphatic heterocycles. The van der Waals surface area contributed by atoms with Gasteiger partial charge in [0.05, 0.1) is 5.52 Å². The van der Waals surface area contributed by atoms with Crippen molar-refractivity contribution in [3.63, 3.8) is 0 Å². The molecule has 4 heteroatoms. The lowest BCUT2D eigenvalue weighted by Crippen LogP contribution is -2.28. The van der Waals surface area contributed by atoms with Gasteiger partial charge < -0.3 is 10.6 Å². The van der Waals surface area contributed by atoms with E-state index in [0.717, 1.165) is 47.7 Å². The number of rotatable bonds is 6.